The van der Waals surface area contributed by atoms with E-state index in [4.69, 9.17) is 4.74 Å². The van der Waals surface area contributed by atoms with Gasteiger partial charge >= 0.3 is 12.1 Å². The van der Waals surface area contributed by atoms with Gasteiger partial charge in [0.05, 0.1) is 5.92 Å². The van der Waals surface area contributed by atoms with Crippen molar-refractivity contribution in [3.05, 3.63) is 59.7 Å². The third-order valence-corrected chi connectivity index (χ3v) is 8.07. The predicted octanol–water partition coefficient (Wildman–Crippen LogP) is 4.41. The summed E-state index contributed by atoms with van der Waals surface area (Å²) in [6.45, 7) is 4.48. The molecule has 35 heavy (non-hydrogen) atoms. The molecular formula is C28H32N2O5. The number of carboxylic acids is 1. The van der Waals surface area contributed by atoms with Crippen LogP contribution < -0.4 is 5.32 Å². The van der Waals surface area contributed by atoms with Gasteiger partial charge in [-0.15, -0.1) is 0 Å². The van der Waals surface area contributed by atoms with Gasteiger partial charge in [0.1, 0.15) is 12.1 Å². The van der Waals surface area contributed by atoms with Gasteiger partial charge in [-0.05, 0) is 48.4 Å². The zero-order valence-corrected chi connectivity index (χ0v) is 20.3. The predicted molar refractivity (Wildman–Crippen MR) is 131 cm³/mol. The van der Waals surface area contributed by atoms with Gasteiger partial charge in [0.25, 0.3) is 0 Å². The van der Waals surface area contributed by atoms with Gasteiger partial charge in [-0.3, -0.25) is 9.59 Å². The number of amides is 2. The average molecular weight is 477 g/mol. The molecule has 0 bridgehead atoms. The molecule has 2 unspecified atom stereocenters. The number of fused-ring (bicyclic) bond motifs is 3. The lowest BCUT2D eigenvalue weighted by Gasteiger charge is -2.33. The summed E-state index contributed by atoms with van der Waals surface area (Å²) in [5.41, 5.74) is 3.11. The summed E-state index contributed by atoms with van der Waals surface area (Å²) in [5.74, 6) is -1.68. The number of ether oxygens (including phenoxy) is 1. The van der Waals surface area contributed by atoms with Crippen LogP contribution in [0, 0.1) is 11.3 Å². The quantitative estimate of drug-likeness (QED) is 0.617. The third kappa shape index (κ3) is 4.07. The largest absolute Gasteiger partial charge is 0.481 e. The topological polar surface area (TPSA) is 95.9 Å². The lowest BCUT2D eigenvalue weighted by molar-refractivity contribution is -0.143. The van der Waals surface area contributed by atoms with Crippen LogP contribution in [0.2, 0.25) is 0 Å². The number of nitrogens with one attached hydrogen (secondary N) is 1. The van der Waals surface area contributed by atoms with Crippen molar-refractivity contribution in [1.82, 2.24) is 10.2 Å². The monoisotopic (exact) mass is 476 g/mol. The molecule has 1 heterocycles. The Balaban J connectivity index is 1.27. The van der Waals surface area contributed by atoms with Gasteiger partial charge < -0.3 is 20.1 Å². The van der Waals surface area contributed by atoms with Gasteiger partial charge in [-0.25, -0.2) is 4.79 Å². The molecule has 0 radical (unpaired) electrons. The van der Waals surface area contributed by atoms with E-state index < -0.39 is 23.5 Å². The molecule has 5 rings (SSSR count). The fourth-order valence-electron chi connectivity index (χ4n) is 6.06. The Kier molecular flexibility index (Phi) is 5.82. The van der Waals surface area contributed by atoms with E-state index >= 15 is 0 Å². The van der Waals surface area contributed by atoms with Crippen LogP contribution in [-0.4, -0.2) is 53.2 Å². The standard InChI is InChI=1S/C28H32N2O5/c1-3-12-27(2,25(33)30-15-23(24(31)32)28(17-30)13-14-28)29-26(34)35-16-22-20-10-6-4-8-18(20)19-9-5-7-11-21(19)22/h4-11,22-23H,3,12-17H2,1-2H3,(H,29,34)(H,31,32). The maximum absolute atomic E-state index is 13.5. The van der Waals surface area contributed by atoms with E-state index in [0.29, 0.717) is 19.4 Å². The summed E-state index contributed by atoms with van der Waals surface area (Å²) >= 11 is 0. The molecule has 7 heteroatoms. The molecule has 2 fully saturated rings. The van der Waals surface area contributed by atoms with Crippen LogP contribution in [0.5, 0.6) is 0 Å². The van der Waals surface area contributed by atoms with Gasteiger partial charge in [-0.2, -0.15) is 0 Å². The number of carbonyl (C=O) groups is 3. The van der Waals surface area contributed by atoms with Gasteiger partial charge in [0.2, 0.25) is 5.91 Å². The first-order valence-corrected chi connectivity index (χ1v) is 12.4. The normalized spacial score (nSPS) is 21.2. The van der Waals surface area contributed by atoms with Gasteiger partial charge in [0, 0.05) is 24.4 Å². The molecule has 1 saturated carbocycles. The van der Waals surface area contributed by atoms with Crippen molar-refractivity contribution >= 4 is 18.0 Å². The van der Waals surface area contributed by atoms with Crippen molar-refractivity contribution in [2.24, 2.45) is 11.3 Å². The second-order valence-electron chi connectivity index (χ2n) is 10.5. The number of hydrogen-bond donors (Lipinski definition) is 2. The summed E-state index contributed by atoms with van der Waals surface area (Å²) < 4.78 is 5.69. The summed E-state index contributed by atoms with van der Waals surface area (Å²) in [6, 6.07) is 16.3. The Hall–Kier alpha value is -3.35. The van der Waals surface area contributed by atoms with Crippen LogP contribution in [0.4, 0.5) is 4.79 Å². The highest BCUT2D eigenvalue weighted by molar-refractivity contribution is 5.90. The highest BCUT2D eigenvalue weighted by Crippen LogP contribution is 2.56. The SMILES string of the molecule is CCCC(C)(NC(=O)OCC1c2ccccc2-c2ccccc21)C(=O)N1CC(C(=O)O)C2(CC2)C1. The Morgan fingerprint density at radius 2 is 1.69 bits per heavy atom. The molecule has 2 atom stereocenters. The summed E-state index contributed by atoms with van der Waals surface area (Å²) in [7, 11) is 0. The molecule has 1 saturated heterocycles. The molecule has 1 spiro atoms. The second kappa shape index (κ2) is 8.70. The molecule has 2 amide bonds. The number of hydrogen-bond acceptors (Lipinski definition) is 4. The van der Waals surface area contributed by atoms with Crippen LogP contribution in [0.3, 0.4) is 0 Å². The van der Waals surface area contributed by atoms with E-state index in [-0.39, 0.29) is 30.4 Å². The number of likely N-dealkylation sites (tertiary alicyclic amines) is 1. The molecule has 184 valence electrons. The second-order valence-corrected chi connectivity index (χ2v) is 10.5. The van der Waals surface area contributed by atoms with Crippen LogP contribution >= 0.6 is 0 Å². The van der Waals surface area contributed by atoms with Crippen molar-refractivity contribution in [2.75, 3.05) is 19.7 Å². The number of benzene rings is 2. The molecule has 1 aliphatic heterocycles. The minimum Gasteiger partial charge on any atom is -0.481 e. The van der Waals surface area contributed by atoms with Crippen LogP contribution in [0.25, 0.3) is 11.1 Å². The number of carboxylic acid groups (broad SMARTS) is 1. The Labute approximate surface area is 205 Å². The Morgan fingerprint density at radius 1 is 1.09 bits per heavy atom. The summed E-state index contributed by atoms with van der Waals surface area (Å²) in [4.78, 5) is 39.8. The van der Waals surface area contributed by atoms with E-state index in [0.717, 1.165) is 35.1 Å². The maximum atomic E-state index is 13.5. The first kappa shape index (κ1) is 23.4. The highest BCUT2D eigenvalue weighted by Gasteiger charge is 2.60. The minimum atomic E-state index is -1.15. The summed E-state index contributed by atoms with van der Waals surface area (Å²) in [6.07, 6.45) is 2.16. The smallest absolute Gasteiger partial charge is 0.408 e. The van der Waals surface area contributed by atoms with Crippen molar-refractivity contribution in [3.8, 4) is 11.1 Å². The Bertz CT molecular complexity index is 1130. The molecule has 7 nitrogen and oxygen atoms in total. The maximum Gasteiger partial charge on any atom is 0.408 e. The Morgan fingerprint density at radius 3 is 2.20 bits per heavy atom. The van der Waals surface area contributed by atoms with E-state index in [1.54, 1.807) is 11.8 Å². The van der Waals surface area contributed by atoms with E-state index in [2.05, 4.69) is 29.6 Å². The molecule has 2 aromatic carbocycles. The zero-order chi connectivity index (χ0) is 24.8. The molecule has 0 aromatic heterocycles. The van der Waals surface area contributed by atoms with E-state index in [1.807, 2.05) is 31.2 Å². The minimum absolute atomic E-state index is 0.0640. The molecule has 2 N–H and O–H groups in total. The van der Waals surface area contributed by atoms with Crippen LogP contribution in [0.15, 0.2) is 48.5 Å². The average Bonchev–Trinajstić information content (AvgIpc) is 3.39. The van der Waals surface area contributed by atoms with Crippen molar-refractivity contribution in [2.45, 2.75) is 51.0 Å². The van der Waals surface area contributed by atoms with Gasteiger partial charge in [0.15, 0.2) is 0 Å². The first-order valence-electron chi connectivity index (χ1n) is 12.4. The zero-order valence-electron chi connectivity index (χ0n) is 20.3. The highest BCUT2D eigenvalue weighted by atomic mass is 16.5. The molecular weight excluding hydrogens is 444 g/mol. The first-order chi connectivity index (χ1) is 16.8. The third-order valence-electron chi connectivity index (χ3n) is 8.07. The van der Waals surface area contributed by atoms with Crippen LogP contribution in [-0.2, 0) is 14.3 Å². The van der Waals surface area contributed by atoms with E-state index in [1.165, 1.54) is 0 Å². The number of alkyl carbamates (subject to hydrolysis) is 1. The van der Waals surface area contributed by atoms with Gasteiger partial charge in [-0.1, -0.05) is 61.9 Å². The molecule has 2 aromatic rings. The lowest BCUT2D eigenvalue weighted by Crippen LogP contribution is -2.57. The fourth-order valence-corrected chi connectivity index (χ4v) is 6.06. The van der Waals surface area contributed by atoms with Crippen molar-refractivity contribution in [3.63, 3.8) is 0 Å². The lowest BCUT2D eigenvalue weighted by atomic mass is 9.93. The molecule has 3 aliphatic rings. The molecule has 2 aliphatic carbocycles. The number of nitrogens with zero attached hydrogens (tertiary/aromatic N) is 1. The van der Waals surface area contributed by atoms with Crippen molar-refractivity contribution < 1.29 is 24.2 Å². The fraction of sp³-hybridized carbons (Fsp3) is 0.464. The van der Waals surface area contributed by atoms with Crippen molar-refractivity contribution in [1.29, 1.82) is 0 Å². The van der Waals surface area contributed by atoms with E-state index in [9.17, 15) is 19.5 Å². The number of aliphatic carboxylic acids is 1. The summed E-state index contributed by atoms with van der Waals surface area (Å²) in [5, 5.41) is 12.5. The number of carbonyl (C=O) groups excluding carboxylic acids is 2. The van der Waals surface area contributed by atoms with Crippen LogP contribution in [0.1, 0.15) is 56.6 Å². The number of rotatable bonds is 7.